The topological polar surface area (TPSA) is 36.4 Å². The van der Waals surface area contributed by atoms with Gasteiger partial charge in [-0.05, 0) is 43.4 Å². The van der Waals surface area contributed by atoms with E-state index in [0.29, 0.717) is 5.92 Å². The van der Waals surface area contributed by atoms with Crippen molar-refractivity contribution in [1.82, 2.24) is 9.88 Å². The molecule has 1 heterocycles. The van der Waals surface area contributed by atoms with E-state index in [1.54, 1.807) is 0 Å². The summed E-state index contributed by atoms with van der Waals surface area (Å²) in [6.07, 6.45) is 6.18. The highest BCUT2D eigenvalue weighted by Gasteiger charge is 2.37. The van der Waals surface area contributed by atoms with Crippen LogP contribution in [-0.2, 0) is 6.42 Å². The van der Waals surface area contributed by atoms with Crippen LogP contribution in [0.25, 0.3) is 0 Å². The first-order chi connectivity index (χ1) is 9.49. The van der Waals surface area contributed by atoms with Crippen molar-refractivity contribution in [2.75, 3.05) is 20.1 Å². The number of nitrogens with zero attached hydrogens (tertiary/aromatic N) is 2. The average Bonchev–Trinajstić information content (AvgIpc) is 2.43. The Balaban J connectivity index is 1.80. The molecule has 3 nitrogen and oxygen atoms in total. The molecule has 1 aliphatic carbocycles. The molecule has 1 aromatic rings. The van der Waals surface area contributed by atoms with Crippen molar-refractivity contribution >= 4 is 0 Å². The predicted molar refractivity (Wildman–Crippen MR) is 82.6 cm³/mol. The van der Waals surface area contributed by atoms with Gasteiger partial charge >= 0.3 is 0 Å². The van der Waals surface area contributed by atoms with Gasteiger partial charge in [-0.15, -0.1) is 0 Å². The molecular weight excluding hydrogens is 248 g/mol. The molecule has 1 fully saturated rings. The summed E-state index contributed by atoms with van der Waals surface area (Å²) in [7, 11) is 2.15. The molecule has 112 valence electrons. The minimum absolute atomic E-state index is 0.0741. The number of aliphatic hydroxyl groups excluding tert-OH is 1. The lowest BCUT2D eigenvalue weighted by molar-refractivity contribution is -0.0407. The summed E-state index contributed by atoms with van der Waals surface area (Å²) in [4.78, 5) is 6.70. The van der Waals surface area contributed by atoms with Crippen LogP contribution in [0.1, 0.15) is 38.8 Å². The van der Waals surface area contributed by atoms with E-state index in [2.05, 4.69) is 36.8 Å². The van der Waals surface area contributed by atoms with Gasteiger partial charge in [-0.2, -0.15) is 0 Å². The van der Waals surface area contributed by atoms with Gasteiger partial charge in [0, 0.05) is 31.4 Å². The summed E-state index contributed by atoms with van der Waals surface area (Å²) in [5.74, 6) is 0.410. The van der Waals surface area contributed by atoms with Crippen molar-refractivity contribution in [3.8, 4) is 0 Å². The molecule has 0 radical (unpaired) electrons. The molecule has 0 saturated heterocycles. The number of likely N-dealkylation sites (N-methyl/N-ethyl adjacent to an activating group) is 1. The van der Waals surface area contributed by atoms with Crippen LogP contribution in [0.2, 0.25) is 0 Å². The van der Waals surface area contributed by atoms with Gasteiger partial charge in [0.05, 0.1) is 6.10 Å². The molecule has 20 heavy (non-hydrogen) atoms. The summed E-state index contributed by atoms with van der Waals surface area (Å²) in [5, 5.41) is 10.5. The van der Waals surface area contributed by atoms with E-state index in [4.69, 9.17) is 0 Å². The first-order valence-electron chi connectivity index (χ1n) is 7.75. The molecule has 1 aromatic heterocycles. The Morgan fingerprint density at radius 1 is 1.40 bits per heavy atom. The highest BCUT2D eigenvalue weighted by Crippen LogP contribution is 2.39. The molecule has 0 spiro atoms. The van der Waals surface area contributed by atoms with Crippen LogP contribution in [-0.4, -0.2) is 41.2 Å². The second-order valence-corrected chi connectivity index (χ2v) is 6.92. The molecule has 0 aliphatic heterocycles. The minimum atomic E-state index is -0.173. The van der Waals surface area contributed by atoms with Crippen molar-refractivity contribution in [3.63, 3.8) is 0 Å². The molecule has 0 aromatic carbocycles. The van der Waals surface area contributed by atoms with E-state index in [9.17, 15) is 5.11 Å². The largest absolute Gasteiger partial charge is 0.392 e. The van der Waals surface area contributed by atoms with Crippen LogP contribution < -0.4 is 0 Å². The van der Waals surface area contributed by atoms with Gasteiger partial charge in [0.1, 0.15) is 0 Å². The quantitative estimate of drug-likeness (QED) is 0.898. The molecule has 3 heteroatoms. The SMILES string of the molecule is CN(CCc1ccccn1)CC1CCCC(C)(C)C1O. The Morgan fingerprint density at radius 3 is 2.90 bits per heavy atom. The second kappa shape index (κ2) is 6.68. The lowest BCUT2D eigenvalue weighted by atomic mass is 9.69. The van der Waals surface area contributed by atoms with Gasteiger partial charge in [-0.25, -0.2) is 0 Å². The molecule has 1 N–H and O–H groups in total. The van der Waals surface area contributed by atoms with Gasteiger partial charge in [0.15, 0.2) is 0 Å². The molecule has 2 atom stereocenters. The first kappa shape index (κ1) is 15.5. The van der Waals surface area contributed by atoms with Crippen molar-refractivity contribution in [3.05, 3.63) is 30.1 Å². The van der Waals surface area contributed by atoms with Gasteiger partial charge < -0.3 is 10.0 Å². The summed E-state index contributed by atoms with van der Waals surface area (Å²) in [6, 6.07) is 6.07. The Kier molecular flexibility index (Phi) is 5.17. The first-order valence-corrected chi connectivity index (χ1v) is 7.75. The van der Waals surface area contributed by atoms with Crippen LogP contribution in [0, 0.1) is 11.3 Å². The zero-order chi connectivity index (χ0) is 14.6. The lowest BCUT2D eigenvalue weighted by Crippen LogP contribution is -2.44. The van der Waals surface area contributed by atoms with Crippen LogP contribution in [0.4, 0.5) is 0 Å². The van der Waals surface area contributed by atoms with Crippen molar-refractivity contribution < 1.29 is 5.11 Å². The second-order valence-electron chi connectivity index (χ2n) is 6.92. The van der Waals surface area contributed by atoms with E-state index < -0.39 is 0 Å². The van der Waals surface area contributed by atoms with Crippen LogP contribution in [0.5, 0.6) is 0 Å². The highest BCUT2D eigenvalue weighted by molar-refractivity contribution is 5.03. The Morgan fingerprint density at radius 2 is 2.20 bits per heavy atom. The van der Waals surface area contributed by atoms with Crippen LogP contribution >= 0.6 is 0 Å². The maximum Gasteiger partial charge on any atom is 0.0631 e. The van der Waals surface area contributed by atoms with E-state index in [-0.39, 0.29) is 11.5 Å². The van der Waals surface area contributed by atoms with Crippen LogP contribution in [0.3, 0.4) is 0 Å². The smallest absolute Gasteiger partial charge is 0.0631 e. The number of hydrogen-bond acceptors (Lipinski definition) is 3. The maximum absolute atomic E-state index is 10.5. The molecule has 0 amide bonds. The molecule has 2 rings (SSSR count). The highest BCUT2D eigenvalue weighted by atomic mass is 16.3. The number of pyridine rings is 1. The fourth-order valence-corrected chi connectivity index (χ4v) is 3.30. The maximum atomic E-state index is 10.5. The van der Waals surface area contributed by atoms with Gasteiger partial charge in [-0.3, -0.25) is 4.98 Å². The molecule has 0 bridgehead atoms. The Bertz CT molecular complexity index is 405. The lowest BCUT2D eigenvalue weighted by Gasteiger charge is -2.42. The fourth-order valence-electron chi connectivity index (χ4n) is 3.30. The fraction of sp³-hybridized carbons (Fsp3) is 0.706. The molecule has 1 saturated carbocycles. The Hall–Kier alpha value is -0.930. The van der Waals surface area contributed by atoms with Crippen molar-refractivity contribution in [2.45, 2.75) is 45.6 Å². The number of hydrogen-bond donors (Lipinski definition) is 1. The minimum Gasteiger partial charge on any atom is -0.392 e. The summed E-state index contributed by atoms with van der Waals surface area (Å²) >= 11 is 0. The third-order valence-corrected chi connectivity index (χ3v) is 4.67. The van der Waals surface area contributed by atoms with E-state index in [0.717, 1.165) is 38.0 Å². The number of aliphatic hydroxyl groups is 1. The third-order valence-electron chi connectivity index (χ3n) is 4.67. The predicted octanol–water partition coefficient (Wildman–Crippen LogP) is 2.74. The summed E-state index contributed by atoms with van der Waals surface area (Å²) in [5.41, 5.74) is 1.22. The monoisotopic (exact) mass is 276 g/mol. The van der Waals surface area contributed by atoms with Crippen molar-refractivity contribution in [1.29, 1.82) is 0 Å². The standard InChI is InChI=1S/C17H28N2O/c1-17(2)10-6-7-14(16(17)20)13-19(3)12-9-15-8-4-5-11-18-15/h4-5,8,11,14,16,20H,6-7,9-10,12-13H2,1-3H3. The average molecular weight is 276 g/mol. The van der Waals surface area contributed by atoms with E-state index in [1.807, 2.05) is 18.3 Å². The third kappa shape index (κ3) is 4.03. The van der Waals surface area contributed by atoms with Gasteiger partial charge in [0.2, 0.25) is 0 Å². The van der Waals surface area contributed by atoms with E-state index >= 15 is 0 Å². The van der Waals surface area contributed by atoms with Gasteiger partial charge in [0.25, 0.3) is 0 Å². The Labute approximate surface area is 123 Å². The van der Waals surface area contributed by atoms with Crippen LogP contribution in [0.15, 0.2) is 24.4 Å². The number of aromatic nitrogens is 1. The molecular formula is C17H28N2O. The zero-order valence-electron chi connectivity index (χ0n) is 13.0. The zero-order valence-corrected chi connectivity index (χ0v) is 13.0. The number of rotatable bonds is 5. The summed E-state index contributed by atoms with van der Waals surface area (Å²) < 4.78 is 0. The molecule has 2 unspecified atom stereocenters. The van der Waals surface area contributed by atoms with E-state index in [1.165, 1.54) is 6.42 Å². The molecule has 1 aliphatic rings. The summed E-state index contributed by atoms with van der Waals surface area (Å²) in [6.45, 7) is 6.37. The normalized spacial score (nSPS) is 25.9. The van der Waals surface area contributed by atoms with Gasteiger partial charge in [-0.1, -0.05) is 26.3 Å². The van der Waals surface area contributed by atoms with Crippen molar-refractivity contribution in [2.24, 2.45) is 11.3 Å².